The summed E-state index contributed by atoms with van der Waals surface area (Å²) in [5.41, 5.74) is -0.348. The van der Waals surface area contributed by atoms with Gasteiger partial charge in [-0.1, -0.05) is 53.8 Å². The molecule has 2 atom stereocenters. The molecule has 0 bridgehead atoms. The quantitative estimate of drug-likeness (QED) is 0.332. The fraction of sp³-hybridized carbons (Fsp3) is 0.519. The molecule has 0 radical (unpaired) electrons. The molecule has 1 aromatic rings. The predicted molar refractivity (Wildman–Crippen MR) is 128 cm³/mol. The number of halogens is 2. The van der Waals surface area contributed by atoms with Gasteiger partial charge >= 0.3 is 0 Å². The molecular weight excluding hydrogens is 420 g/mol. The van der Waals surface area contributed by atoms with E-state index < -0.39 is 22.5 Å². The summed E-state index contributed by atoms with van der Waals surface area (Å²) in [6.07, 6.45) is 5.29. The van der Waals surface area contributed by atoms with Gasteiger partial charge in [-0.05, 0) is 59.8 Å². The summed E-state index contributed by atoms with van der Waals surface area (Å²) in [4.78, 5) is 15.7. The lowest BCUT2D eigenvalue weighted by Gasteiger charge is -2.43. The molecule has 33 heavy (non-hydrogen) atoms. The number of likely N-dealkylation sites (tertiary alicyclic amines) is 1. The van der Waals surface area contributed by atoms with Gasteiger partial charge in [-0.2, -0.15) is 10.2 Å². The number of allylic oxidation sites excluding steroid dienone is 2. The lowest BCUT2D eigenvalue weighted by molar-refractivity contribution is -0.146. The predicted octanol–water partition coefficient (Wildman–Crippen LogP) is 7.16. The van der Waals surface area contributed by atoms with E-state index in [2.05, 4.69) is 51.1 Å². The molecule has 1 aromatic carbocycles. The number of benzene rings is 1. The minimum Gasteiger partial charge on any atom is -0.342 e. The van der Waals surface area contributed by atoms with Crippen molar-refractivity contribution in [3.8, 4) is 0 Å². The maximum absolute atomic E-state index is 14.5. The number of rotatable bonds is 6. The fourth-order valence-corrected chi connectivity index (χ4v) is 5.44. The Morgan fingerprint density at radius 3 is 2.33 bits per heavy atom. The second-order valence-electron chi connectivity index (χ2n) is 10.9. The zero-order valence-electron chi connectivity index (χ0n) is 20.4. The zero-order valence-corrected chi connectivity index (χ0v) is 20.4. The van der Waals surface area contributed by atoms with E-state index in [0.717, 1.165) is 32.4 Å². The number of hydrogen-bond donors (Lipinski definition) is 0. The van der Waals surface area contributed by atoms with Gasteiger partial charge < -0.3 is 4.90 Å². The Morgan fingerprint density at radius 2 is 1.79 bits per heavy atom. The van der Waals surface area contributed by atoms with Crippen LogP contribution >= 0.6 is 0 Å². The van der Waals surface area contributed by atoms with E-state index in [4.69, 9.17) is 0 Å². The van der Waals surface area contributed by atoms with E-state index in [-0.39, 0.29) is 28.5 Å². The minimum atomic E-state index is -0.723. The molecule has 4 nitrogen and oxygen atoms in total. The molecule has 1 saturated carbocycles. The lowest BCUT2D eigenvalue weighted by Crippen LogP contribution is -2.48. The van der Waals surface area contributed by atoms with Gasteiger partial charge in [-0.15, -0.1) is 0 Å². The highest BCUT2D eigenvalue weighted by Crippen LogP contribution is 2.59. The lowest BCUT2D eigenvalue weighted by atomic mass is 9.63. The summed E-state index contributed by atoms with van der Waals surface area (Å²) < 4.78 is 29.0. The summed E-state index contributed by atoms with van der Waals surface area (Å²) in [6.45, 7) is 19.9. The van der Waals surface area contributed by atoms with Crippen LogP contribution in [0.1, 0.15) is 59.4 Å². The highest BCUT2D eigenvalue weighted by atomic mass is 19.1. The standard InChI is InChI=1S/C27H35F2N3O/c1-8-30-31-22(23-20(28)10-9-11-21(23)29)16-18(2)19-12-13-27(7,26(19,5)6)24(33)32-15-14-25(3,4)17-32/h8-11,16,19H,1-2,12-15,17H2,3-7H3/b22-16-,31-30-/t19?,27-/m1/s1. The molecule has 1 saturated heterocycles. The molecule has 1 aliphatic carbocycles. The van der Waals surface area contributed by atoms with Gasteiger partial charge in [0.2, 0.25) is 5.91 Å². The Kier molecular flexibility index (Phi) is 6.79. The van der Waals surface area contributed by atoms with Gasteiger partial charge in [0.05, 0.1) is 16.7 Å². The summed E-state index contributed by atoms with van der Waals surface area (Å²) in [7, 11) is 0. The number of amides is 1. The second-order valence-corrected chi connectivity index (χ2v) is 10.9. The zero-order chi connectivity index (χ0) is 24.6. The molecule has 0 aromatic heterocycles. The highest BCUT2D eigenvalue weighted by Gasteiger charge is 2.57. The van der Waals surface area contributed by atoms with Crippen molar-refractivity contribution in [3.05, 3.63) is 66.4 Å². The summed E-state index contributed by atoms with van der Waals surface area (Å²) in [6, 6.07) is 3.68. The van der Waals surface area contributed by atoms with E-state index in [1.54, 1.807) is 6.08 Å². The van der Waals surface area contributed by atoms with Gasteiger partial charge in [0.25, 0.3) is 0 Å². The molecule has 6 heteroatoms. The van der Waals surface area contributed by atoms with Crippen LogP contribution in [0.25, 0.3) is 5.70 Å². The number of carbonyl (C=O) groups excluding carboxylic acids is 1. The monoisotopic (exact) mass is 455 g/mol. The van der Waals surface area contributed by atoms with Crippen molar-refractivity contribution in [2.24, 2.45) is 32.4 Å². The smallest absolute Gasteiger partial charge is 0.229 e. The molecule has 1 heterocycles. The van der Waals surface area contributed by atoms with E-state index >= 15 is 0 Å². The molecule has 0 spiro atoms. The van der Waals surface area contributed by atoms with Crippen LogP contribution in [0.3, 0.4) is 0 Å². The van der Waals surface area contributed by atoms with Crippen LogP contribution in [0, 0.1) is 33.8 Å². The van der Waals surface area contributed by atoms with Gasteiger partial charge in [0, 0.05) is 19.3 Å². The third-order valence-electron chi connectivity index (χ3n) is 7.90. The number of azo groups is 1. The van der Waals surface area contributed by atoms with Crippen molar-refractivity contribution in [1.29, 1.82) is 0 Å². The van der Waals surface area contributed by atoms with E-state index in [0.29, 0.717) is 5.57 Å². The van der Waals surface area contributed by atoms with Crippen molar-refractivity contribution in [2.45, 2.75) is 53.9 Å². The van der Waals surface area contributed by atoms with Crippen LogP contribution < -0.4 is 0 Å². The number of carbonyl (C=O) groups is 1. The summed E-state index contributed by atoms with van der Waals surface area (Å²) in [5.74, 6) is -1.31. The Bertz CT molecular complexity index is 1000. The van der Waals surface area contributed by atoms with Crippen LogP contribution in [-0.4, -0.2) is 23.9 Å². The molecule has 2 aliphatic rings. The maximum atomic E-state index is 14.5. The van der Waals surface area contributed by atoms with E-state index in [9.17, 15) is 13.6 Å². The van der Waals surface area contributed by atoms with Crippen molar-refractivity contribution < 1.29 is 13.6 Å². The van der Waals surface area contributed by atoms with Gasteiger partial charge in [0.1, 0.15) is 11.6 Å². The van der Waals surface area contributed by atoms with Crippen molar-refractivity contribution >= 4 is 11.6 Å². The third-order valence-corrected chi connectivity index (χ3v) is 7.90. The van der Waals surface area contributed by atoms with Crippen LogP contribution in [0.2, 0.25) is 0 Å². The van der Waals surface area contributed by atoms with Gasteiger partial charge in [-0.25, -0.2) is 8.78 Å². The minimum absolute atomic E-state index is 0.0486. The normalized spacial score (nSPS) is 26.7. The van der Waals surface area contributed by atoms with Crippen molar-refractivity contribution in [1.82, 2.24) is 4.90 Å². The fourth-order valence-electron chi connectivity index (χ4n) is 5.44. The Labute approximate surface area is 196 Å². The first-order chi connectivity index (χ1) is 15.3. The van der Waals surface area contributed by atoms with Gasteiger partial charge in [0.15, 0.2) is 0 Å². The molecule has 0 N–H and O–H groups in total. The van der Waals surface area contributed by atoms with Crippen LogP contribution in [0.4, 0.5) is 8.78 Å². The van der Waals surface area contributed by atoms with Crippen molar-refractivity contribution in [2.75, 3.05) is 13.1 Å². The Balaban J connectivity index is 1.93. The number of nitrogens with zero attached hydrogens (tertiary/aromatic N) is 3. The van der Waals surface area contributed by atoms with E-state index in [1.807, 2.05) is 11.8 Å². The largest absolute Gasteiger partial charge is 0.342 e. The van der Waals surface area contributed by atoms with Gasteiger partial charge in [-0.3, -0.25) is 4.79 Å². The maximum Gasteiger partial charge on any atom is 0.229 e. The Hall–Kier alpha value is -2.63. The molecule has 3 rings (SSSR count). The SMILES string of the molecule is C=C/N=N\C(=C/C(=C)C1CC[C@](C)(C(=O)N2CCC(C)(C)C2)C1(C)C)c1c(F)cccc1F. The molecule has 1 unspecified atom stereocenters. The topological polar surface area (TPSA) is 45.0 Å². The molecule has 2 fully saturated rings. The molecule has 1 amide bonds. The molecule has 178 valence electrons. The first kappa shape index (κ1) is 25.0. The number of hydrogen-bond acceptors (Lipinski definition) is 3. The van der Waals surface area contributed by atoms with Crippen LogP contribution in [0.5, 0.6) is 0 Å². The average Bonchev–Trinajstić information content (AvgIpc) is 3.21. The second kappa shape index (κ2) is 8.96. The third kappa shape index (κ3) is 4.57. The first-order valence-corrected chi connectivity index (χ1v) is 11.5. The molecule has 1 aliphatic heterocycles. The van der Waals surface area contributed by atoms with Crippen LogP contribution in [-0.2, 0) is 4.79 Å². The average molecular weight is 456 g/mol. The summed E-state index contributed by atoms with van der Waals surface area (Å²) >= 11 is 0. The van der Waals surface area contributed by atoms with E-state index in [1.165, 1.54) is 24.4 Å². The summed E-state index contributed by atoms with van der Waals surface area (Å²) in [5, 5.41) is 7.75. The van der Waals surface area contributed by atoms with Crippen LogP contribution in [0.15, 0.2) is 59.4 Å². The highest BCUT2D eigenvalue weighted by molar-refractivity contribution is 5.84. The Morgan fingerprint density at radius 1 is 1.15 bits per heavy atom. The first-order valence-electron chi connectivity index (χ1n) is 11.5. The van der Waals surface area contributed by atoms with Crippen molar-refractivity contribution in [3.63, 3.8) is 0 Å². The molecular formula is C27H35F2N3O.